The number of amides is 2. The van der Waals surface area contributed by atoms with Gasteiger partial charge in [-0.25, -0.2) is 4.98 Å². The summed E-state index contributed by atoms with van der Waals surface area (Å²) in [5.74, 6) is 3.33. The van der Waals surface area contributed by atoms with Crippen molar-refractivity contribution in [3.8, 4) is 17.2 Å². The zero-order valence-corrected chi connectivity index (χ0v) is 24.4. The zero-order chi connectivity index (χ0) is 28.6. The van der Waals surface area contributed by atoms with Crippen molar-refractivity contribution in [2.75, 3.05) is 24.7 Å². The lowest BCUT2D eigenvalue weighted by Gasteiger charge is -2.21. The van der Waals surface area contributed by atoms with Gasteiger partial charge in [-0.15, -0.1) is 0 Å². The predicted molar refractivity (Wildman–Crippen MR) is 161 cm³/mol. The Kier molecular flexibility index (Phi) is 9.71. The molecule has 1 heterocycles. The van der Waals surface area contributed by atoms with Crippen molar-refractivity contribution in [3.63, 3.8) is 0 Å². The van der Waals surface area contributed by atoms with Crippen LogP contribution in [0.15, 0.2) is 66.7 Å². The SMILES string of the molecule is CSC(Cc1ccc(OCc2nc3ccc(Oc4ccc(N(C)CC(C)C)cc4)cc3n2C)cc1)C(=O)NC=O. The molecule has 8 nitrogen and oxygen atoms in total. The molecule has 4 rings (SSSR count). The minimum atomic E-state index is -0.332. The van der Waals surface area contributed by atoms with Gasteiger partial charge in [-0.3, -0.25) is 14.9 Å². The Bertz CT molecular complexity index is 1430. The van der Waals surface area contributed by atoms with Crippen LogP contribution < -0.4 is 19.7 Å². The number of nitrogens with zero attached hydrogens (tertiary/aromatic N) is 3. The average Bonchev–Trinajstić information content (AvgIpc) is 3.26. The molecule has 0 spiro atoms. The second-order valence-corrected chi connectivity index (χ2v) is 11.1. The summed E-state index contributed by atoms with van der Waals surface area (Å²) in [6.07, 6.45) is 2.79. The molecule has 9 heteroatoms. The van der Waals surface area contributed by atoms with E-state index in [0.717, 1.165) is 46.2 Å². The van der Waals surface area contributed by atoms with E-state index in [1.54, 1.807) is 0 Å². The third kappa shape index (κ3) is 7.35. The van der Waals surface area contributed by atoms with Crippen LogP contribution in [0.1, 0.15) is 25.2 Å². The predicted octanol–water partition coefficient (Wildman–Crippen LogP) is 5.58. The van der Waals surface area contributed by atoms with Gasteiger partial charge in [-0.1, -0.05) is 26.0 Å². The number of fused-ring (bicyclic) bond motifs is 1. The standard InChI is InChI=1S/C31H36N4O4S/c1-21(2)18-34(3)23-8-12-25(13-9-23)39-26-14-15-27-28(17-26)35(4)30(33-27)19-38-24-10-6-22(7-11-24)16-29(40-5)31(37)32-20-36/h6-15,17,20-21,29H,16,18-19H2,1-5H3,(H,32,36,37). The summed E-state index contributed by atoms with van der Waals surface area (Å²) in [4.78, 5) is 29.5. The maximum Gasteiger partial charge on any atom is 0.239 e. The molecular formula is C31H36N4O4S. The molecule has 0 aliphatic rings. The molecule has 2 amide bonds. The van der Waals surface area contributed by atoms with Gasteiger partial charge in [0.15, 0.2) is 0 Å². The van der Waals surface area contributed by atoms with Crippen molar-refractivity contribution in [2.45, 2.75) is 32.1 Å². The van der Waals surface area contributed by atoms with Crippen molar-refractivity contribution < 1.29 is 19.1 Å². The van der Waals surface area contributed by atoms with Crippen LogP contribution in [0.5, 0.6) is 17.2 Å². The summed E-state index contributed by atoms with van der Waals surface area (Å²) in [7, 11) is 4.07. The van der Waals surface area contributed by atoms with Crippen molar-refractivity contribution in [2.24, 2.45) is 13.0 Å². The van der Waals surface area contributed by atoms with Crippen molar-refractivity contribution in [1.29, 1.82) is 0 Å². The summed E-state index contributed by atoms with van der Waals surface area (Å²) >= 11 is 1.41. The van der Waals surface area contributed by atoms with E-state index in [4.69, 9.17) is 14.5 Å². The van der Waals surface area contributed by atoms with Gasteiger partial charge in [0.05, 0.1) is 16.3 Å². The van der Waals surface area contributed by atoms with E-state index < -0.39 is 0 Å². The van der Waals surface area contributed by atoms with Crippen LogP contribution in [0, 0.1) is 5.92 Å². The maximum atomic E-state index is 12.0. The molecule has 4 aromatic rings. The number of nitrogens with one attached hydrogen (secondary N) is 1. The second kappa shape index (κ2) is 13.4. The molecule has 0 bridgehead atoms. The van der Waals surface area contributed by atoms with Gasteiger partial charge in [0.2, 0.25) is 12.3 Å². The molecule has 3 aromatic carbocycles. The molecule has 0 fully saturated rings. The minimum Gasteiger partial charge on any atom is -0.486 e. The van der Waals surface area contributed by atoms with Crippen LogP contribution in [0.2, 0.25) is 0 Å². The molecule has 1 atom stereocenters. The Morgan fingerprint density at radius 2 is 1.73 bits per heavy atom. The topological polar surface area (TPSA) is 85.7 Å². The van der Waals surface area contributed by atoms with Crippen LogP contribution in [-0.4, -0.2) is 47.0 Å². The number of ether oxygens (including phenoxy) is 2. The molecule has 40 heavy (non-hydrogen) atoms. The van der Waals surface area contributed by atoms with E-state index in [1.807, 2.05) is 72.5 Å². The van der Waals surface area contributed by atoms with Crippen LogP contribution in [0.3, 0.4) is 0 Å². The highest BCUT2D eigenvalue weighted by Gasteiger charge is 2.17. The molecule has 0 aliphatic carbocycles. The summed E-state index contributed by atoms with van der Waals surface area (Å²) in [6, 6.07) is 21.6. The summed E-state index contributed by atoms with van der Waals surface area (Å²) < 4.78 is 14.2. The van der Waals surface area contributed by atoms with Crippen LogP contribution >= 0.6 is 11.8 Å². The number of benzene rings is 3. The Labute approximate surface area is 239 Å². The fourth-order valence-electron chi connectivity index (χ4n) is 4.49. The maximum absolute atomic E-state index is 12.0. The van der Waals surface area contributed by atoms with E-state index in [2.05, 4.69) is 43.2 Å². The van der Waals surface area contributed by atoms with E-state index in [0.29, 0.717) is 31.1 Å². The van der Waals surface area contributed by atoms with Crippen LogP contribution in [-0.2, 0) is 29.7 Å². The third-order valence-electron chi connectivity index (χ3n) is 6.59. The molecule has 1 unspecified atom stereocenters. The Morgan fingerprint density at radius 1 is 1.05 bits per heavy atom. The number of imide groups is 1. The summed E-state index contributed by atoms with van der Waals surface area (Å²) in [5, 5.41) is 1.89. The van der Waals surface area contributed by atoms with Gasteiger partial charge in [-0.2, -0.15) is 11.8 Å². The number of anilines is 1. The first-order valence-corrected chi connectivity index (χ1v) is 14.5. The second-order valence-electron chi connectivity index (χ2n) is 10.1. The van der Waals surface area contributed by atoms with E-state index in [9.17, 15) is 9.59 Å². The van der Waals surface area contributed by atoms with E-state index >= 15 is 0 Å². The Morgan fingerprint density at radius 3 is 2.38 bits per heavy atom. The van der Waals surface area contributed by atoms with Crippen molar-refractivity contribution in [1.82, 2.24) is 14.9 Å². The van der Waals surface area contributed by atoms with Gasteiger partial charge < -0.3 is 18.9 Å². The highest BCUT2D eigenvalue weighted by atomic mass is 32.2. The number of aromatic nitrogens is 2. The molecule has 0 aliphatic heterocycles. The van der Waals surface area contributed by atoms with Crippen molar-refractivity contribution >= 4 is 40.8 Å². The Balaban J connectivity index is 1.38. The monoisotopic (exact) mass is 560 g/mol. The first-order valence-electron chi connectivity index (χ1n) is 13.2. The number of hydrogen-bond donors (Lipinski definition) is 1. The molecular weight excluding hydrogens is 524 g/mol. The number of imidazole rings is 1. The van der Waals surface area contributed by atoms with E-state index in [-0.39, 0.29) is 11.2 Å². The lowest BCUT2D eigenvalue weighted by atomic mass is 10.1. The number of carbonyl (C=O) groups excluding carboxylic acids is 2. The average molecular weight is 561 g/mol. The number of thioether (sulfide) groups is 1. The number of carbonyl (C=O) groups is 2. The Hall–Kier alpha value is -3.98. The number of hydrogen-bond acceptors (Lipinski definition) is 7. The van der Waals surface area contributed by atoms with E-state index in [1.165, 1.54) is 11.8 Å². The van der Waals surface area contributed by atoms with Gasteiger partial charge in [-0.05, 0) is 72.7 Å². The first-order chi connectivity index (χ1) is 19.3. The lowest BCUT2D eigenvalue weighted by molar-refractivity contribution is -0.124. The highest BCUT2D eigenvalue weighted by molar-refractivity contribution is 7.99. The van der Waals surface area contributed by atoms with Gasteiger partial charge in [0, 0.05) is 32.4 Å². The molecule has 1 aromatic heterocycles. The van der Waals surface area contributed by atoms with Crippen LogP contribution in [0.25, 0.3) is 11.0 Å². The fraction of sp³-hybridized carbons (Fsp3) is 0.323. The first kappa shape index (κ1) is 29.0. The fourth-order valence-corrected chi connectivity index (χ4v) is 5.13. The molecule has 0 saturated heterocycles. The largest absolute Gasteiger partial charge is 0.486 e. The molecule has 1 N–H and O–H groups in total. The van der Waals surface area contributed by atoms with Gasteiger partial charge in [0.25, 0.3) is 0 Å². The van der Waals surface area contributed by atoms with Gasteiger partial charge in [0.1, 0.15) is 29.7 Å². The molecule has 210 valence electrons. The third-order valence-corrected chi connectivity index (χ3v) is 7.54. The number of rotatable bonds is 13. The molecule has 0 radical (unpaired) electrons. The number of aryl methyl sites for hydroxylation is 1. The minimum absolute atomic E-state index is 0.291. The van der Waals surface area contributed by atoms with Gasteiger partial charge >= 0.3 is 0 Å². The lowest BCUT2D eigenvalue weighted by Crippen LogP contribution is -2.32. The van der Waals surface area contributed by atoms with Crippen LogP contribution in [0.4, 0.5) is 5.69 Å². The normalized spacial score (nSPS) is 11.8. The quantitative estimate of drug-likeness (QED) is 0.214. The highest BCUT2D eigenvalue weighted by Crippen LogP contribution is 2.28. The zero-order valence-electron chi connectivity index (χ0n) is 23.6. The summed E-state index contributed by atoms with van der Waals surface area (Å²) in [6.45, 7) is 5.73. The smallest absolute Gasteiger partial charge is 0.239 e. The summed E-state index contributed by atoms with van der Waals surface area (Å²) in [5.41, 5.74) is 3.97. The molecule has 0 saturated carbocycles. The van der Waals surface area contributed by atoms with Crippen molar-refractivity contribution in [3.05, 3.63) is 78.1 Å².